The number of allylic oxidation sites excluding steroid dienone is 2. The summed E-state index contributed by atoms with van der Waals surface area (Å²) < 4.78 is 0. The summed E-state index contributed by atoms with van der Waals surface area (Å²) in [5.41, 5.74) is 4.47. The molecular weight excluding hydrogens is 857 g/mol. The zero-order valence-electron chi connectivity index (χ0n) is 44.2. The van der Waals surface area contributed by atoms with Gasteiger partial charge in [0.25, 0.3) is 0 Å². The van der Waals surface area contributed by atoms with Crippen LogP contribution in [0.5, 0.6) is 0 Å². The van der Waals surface area contributed by atoms with Crippen LogP contribution in [0.25, 0.3) is 0 Å². The summed E-state index contributed by atoms with van der Waals surface area (Å²) in [6.07, 6.45) is 6.81. The van der Waals surface area contributed by atoms with Crippen LogP contribution in [0.3, 0.4) is 0 Å². The van der Waals surface area contributed by atoms with Crippen LogP contribution in [-0.2, 0) is 38.4 Å². The van der Waals surface area contributed by atoms with Gasteiger partial charge in [-0.15, -0.1) is 0 Å². The van der Waals surface area contributed by atoms with E-state index in [1.54, 1.807) is 33.1 Å². The fraction of sp³-hybridized carbons (Fsp3) is 0.755. The van der Waals surface area contributed by atoms with E-state index >= 15 is 0 Å². The summed E-state index contributed by atoms with van der Waals surface area (Å²) in [4.78, 5) is 120. The smallest absolute Gasteiger partial charge is 0.245 e. The predicted molar refractivity (Wildman–Crippen MR) is 261 cm³/mol. The highest BCUT2D eigenvalue weighted by molar-refractivity contribution is 5.95. The van der Waals surface area contributed by atoms with Crippen LogP contribution in [0, 0.1) is 17.8 Å². The molecule has 380 valence electrons. The van der Waals surface area contributed by atoms with E-state index in [1.807, 2.05) is 46.6 Å². The van der Waals surface area contributed by atoms with Gasteiger partial charge in [-0.25, -0.2) is 0 Å². The van der Waals surface area contributed by atoms with Crippen molar-refractivity contribution in [3.05, 3.63) is 22.5 Å². The molecule has 0 bridgehead atoms. The lowest BCUT2D eigenvalue weighted by Crippen LogP contribution is -2.56. The van der Waals surface area contributed by atoms with E-state index in [-0.39, 0.29) is 73.7 Å². The molecule has 0 aliphatic heterocycles. The number of nitrogens with zero attached hydrogens (tertiary/aromatic N) is 8. The molecular formula is C49H86N10O8. The maximum atomic E-state index is 14.0. The van der Waals surface area contributed by atoms with E-state index in [9.17, 15) is 38.4 Å². The van der Waals surface area contributed by atoms with Crippen molar-refractivity contribution < 1.29 is 38.4 Å². The Bertz CT molecular complexity index is 1850. The average Bonchev–Trinajstić information content (AvgIpc) is 3.21. The molecule has 0 saturated heterocycles. The van der Waals surface area contributed by atoms with E-state index in [0.717, 1.165) is 56.3 Å². The lowest BCUT2D eigenvalue weighted by molar-refractivity contribution is -0.151. The molecule has 5 unspecified atom stereocenters. The van der Waals surface area contributed by atoms with Crippen molar-refractivity contribution in [2.75, 3.05) is 89.6 Å². The molecule has 0 aromatic carbocycles. The van der Waals surface area contributed by atoms with Crippen molar-refractivity contribution in [2.45, 2.75) is 137 Å². The molecule has 0 spiro atoms. The Balaban J connectivity index is 2.09. The summed E-state index contributed by atoms with van der Waals surface area (Å²) in [5.74, 6) is -3.56. The number of nitrogens with one attached hydrogen (secondary N) is 2. The number of amides is 8. The molecule has 18 nitrogen and oxygen atoms in total. The Morgan fingerprint density at radius 3 is 1.19 bits per heavy atom. The Morgan fingerprint density at radius 2 is 0.866 bits per heavy atom. The summed E-state index contributed by atoms with van der Waals surface area (Å²) in [7, 11) is 14.5. The van der Waals surface area contributed by atoms with Crippen LogP contribution >= 0.6 is 0 Å². The Labute approximate surface area is 401 Å². The summed E-state index contributed by atoms with van der Waals surface area (Å²) in [6, 6.07) is -3.28. The zero-order valence-corrected chi connectivity index (χ0v) is 44.2. The van der Waals surface area contributed by atoms with E-state index in [2.05, 4.69) is 24.5 Å². The molecule has 18 heteroatoms. The van der Waals surface area contributed by atoms with Gasteiger partial charge in [0.2, 0.25) is 47.3 Å². The third kappa shape index (κ3) is 14.9. The normalized spacial score (nSPS) is 15.9. The minimum atomic E-state index is -1.02. The third-order valence-corrected chi connectivity index (χ3v) is 13.8. The standard InChI is InChI=1S/C49H86N10O8/c1-19-32(6)45(42(50-10)36-22-20-23-36)59(18)41(64)29-55(14)49(67)44(31(4)5)58(17)40(63)28-53(12)47(65)34(8)56(15)38(61)27-54(13)48(66)43(30(2)3)57(16)39(62)26-52(11)46(37-24-21-25-37)33(7)51-35(9)60/h30-34,43-45,50H,19-29H2,1-18H3,(H,51,60)/t32-,33?,34?,43?,44?,45?/m0/s1. The maximum Gasteiger partial charge on any atom is 0.245 e. The van der Waals surface area contributed by atoms with Gasteiger partial charge < -0.3 is 49.8 Å². The van der Waals surface area contributed by atoms with Crippen molar-refractivity contribution in [3.63, 3.8) is 0 Å². The first-order valence-corrected chi connectivity index (χ1v) is 24.0. The molecule has 0 aromatic heterocycles. The molecule has 8 amide bonds. The molecule has 2 rings (SSSR count). The zero-order chi connectivity index (χ0) is 51.4. The molecule has 2 aliphatic rings. The van der Waals surface area contributed by atoms with Crippen molar-refractivity contribution in [1.29, 1.82) is 0 Å². The van der Waals surface area contributed by atoms with Gasteiger partial charge in [-0.1, -0.05) is 48.0 Å². The van der Waals surface area contributed by atoms with Gasteiger partial charge in [-0.2, -0.15) is 0 Å². The van der Waals surface area contributed by atoms with E-state index < -0.39 is 47.7 Å². The lowest BCUT2D eigenvalue weighted by atomic mass is 9.84. The molecule has 67 heavy (non-hydrogen) atoms. The van der Waals surface area contributed by atoms with Gasteiger partial charge in [0, 0.05) is 81.7 Å². The minimum absolute atomic E-state index is 0.0211. The highest BCUT2D eigenvalue weighted by atomic mass is 16.2. The third-order valence-electron chi connectivity index (χ3n) is 13.8. The SMILES string of the molecule is CC[C@H](C)C(C(NC)=C1CCC1)N(C)C(=O)CN(C)C(=O)C(C(C)C)N(C)C(=O)CN(C)C(=O)C(C)N(C)C(=O)CN(C)C(=O)C(C(C)C)N(C)C(=O)CN(C)C(=C1CCC1)C(C)NC(C)=O. The number of carbonyl (C=O) groups excluding carboxylic acids is 8. The monoisotopic (exact) mass is 943 g/mol. The van der Waals surface area contributed by atoms with Crippen LogP contribution in [-0.4, -0.2) is 206 Å². The minimum Gasteiger partial charge on any atom is -0.390 e. The molecule has 0 radical (unpaired) electrons. The first-order chi connectivity index (χ1) is 31.1. The fourth-order valence-electron chi connectivity index (χ4n) is 9.12. The van der Waals surface area contributed by atoms with Crippen molar-refractivity contribution in [1.82, 2.24) is 49.8 Å². The molecule has 0 heterocycles. The topological polar surface area (TPSA) is 187 Å². The molecule has 2 N–H and O–H groups in total. The number of rotatable bonds is 24. The predicted octanol–water partition coefficient (Wildman–Crippen LogP) is 2.60. The van der Waals surface area contributed by atoms with Crippen LogP contribution in [0.1, 0.15) is 107 Å². The van der Waals surface area contributed by atoms with Gasteiger partial charge in [0.05, 0.1) is 38.3 Å². The van der Waals surface area contributed by atoms with Crippen LogP contribution in [0.2, 0.25) is 0 Å². The fourth-order valence-corrected chi connectivity index (χ4v) is 9.12. The molecule has 2 fully saturated rings. The van der Waals surface area contributed by atoms with Gasteiger partial charge in [-0.05, 0) is 81.3 Å². The highest BCUT2D eigenvalue weighted by Gasteiger charge is 2.38. The molecule has 2 saturated carbocycles. The van der Waals surface area contributed by atoms with Crippen molar-refractivity contribution >= 4 is 47.3 Å². The summed E-state index contributed by atoms with van der Waals surface area (Å²) >= 11 is 0. The summed E-state index contributed by atoms with van der Waals surface area (Å²) in [5, 5.41) is 6.27. The van der Waals surface area contributed by atoms with Gasteiger partial charge in [0.15, 0.2) is 0 Å². The first kappa shape index (κ1) is 58.0. The quantitative estimate of drug-likeness (QED) is 0.146. The van der Waals surface area contributed by atoms with E-state index in [4.69, 9.17) is 0 Å². The van der Waals surface area contributed by atoms with Gasteiger partial charge >= 0.3 is 0 Å². The molecule has 2 aliphatic carbocycles. The summed E-state index contributed by atoms with van der Waals surface area (Å²) in [6.45, 7) is 15.4. The average molecular weight is 943 g/mol. The van der Waals surface area contributed by atoms with Crippen molar-refractivity contribution in [2.24, 2.45) is 17.8 Å². The second kappa shape index (κ2) is 25.8. The van der Waals surface area contributed by atoms with E-state index in [1.165, 1.54) is 82.6 Å². The number of hydrogen-bond donors (Lipinski definition) is 2. The highest BCUT2D eigenvalue weighted by Crippen LogP contribution is 2.33. The second-order valence-electron chi connectivity index (χ2n) is 19.7. The van der Waals surface area contributed by atoms with Crippen LogP contribution in [0.15, 0.2) is 22.5 Å². The van der Waals surface area contributed by atoms with Gasteiger partial charge in [0.1, 0.15) is 18.1 Å². The Morgan fingerprint density at radius 1 is 0.507 bits per heavy atom. The largest absolute Gasteiger partial charge is 0.390 e. The van der Waals surface area contributed by atoms with Crippen LogP contribution in [0.4, 0.5) is 0 Å². The lowest BCUT2D eigenvalue weighted by Gasteiger charge is -2.39. The number of likely N-dealkylation sites (N-methyl/N-ethyl adjacent to an activating group) is 9. The number of hydrogen-bond acceptors (Lipinski definition) is 10. The van der Waals surface area contributed by atoms with E-state index in [0.29, 0.717) is 0 Å². The van der Waals surface area contributed by atoms with Crippen molar-refractivity contribution in [3.8, 4) is 0 Å². The second-order valence-corrected chi connectivity index (χ2v) is 19.7. The van der Waals surface area contributed by atoms with Gasteiger partial charge in [-0.3, -0.25) is 38.4 Å². The number of carbonyl (C=O) groups is 8. The van der Waals surface area contributed by atoms with Crippen LogP contribution < -0.4 is 10.6 Å². The Kier molecular flexibility index (Phi) is 22.3. The molecule has 6 atom stereocenters. The maximum absolute atomic E-state index is 14.0. The Hall–Kier alpha value is -5.16. The molecule has 0 aromatic rings. The first-order valence-electron chi connectivity index (χ1n) is 24.0.